The van der Waals surface area contributed by atoms with Crippen LogP contribution in [0.2, 0.25) is 0 Å². The Morgan fingerprint density at radius 2 is 1.65 bits per heavy atom. The molecule has 0 radical (unpaired) electrons. The molecule has 2 atom stereocenters. The molecule has 2 nitrogen and oxygen atoms in total. The van der Waals surface area contributed by atoms with Crippen LogP contribution in [0.25, 0.3) is 26.4 Å². The first-order valence-corrected chi connectivity index (χ1v) is 9.48. The number of benzene rings is 3. The van der Waals surface area contributed by atoms with Crippen molar-refractivity contribution in [2.75, 3.05) is 0 Å². The number of para-hydroxylation sites is 1. The summed E-state index contributed by atoms with van der Waals surface area (Å²) in [5, 5.41) is 2.18. The molecule has 0 amide bonds. The summed E-state index contributed by atoms with van der Waals surface area (Å²) in [6.45, 7) is 0. The zero-order valence-corrected chi connectivity index (χ0v) is 15.3. The third-order valence-corrected chi connectivity index (χ3v) is 6.39. The van der Waals surface area contributed by atoms with Crippen molar-refractivity contribution in [1.82, 2.24) is 0 Å². The fourth-order valence-corrected chi connectivity index (χ4v) is 5.24. The van der Waals surface area contributed by atoms with Crippen molar-refractivity contribution in [1.29, 1.82) is 0 Å². The molecular weight excluding hydrogens is 388 g/mol. The van der Waals surface area contributed by atoms with E-state index in [1.54, 1.807) is 0 Å². The number of hydrogen-bond donors (Lipinski definition) is 0. The van der Waals surface area contributed by atoms with Crippen molar-refractivity contribution in [3.8, 4) is 0 Å². The van der Waals surface area contributed by atoms with Gasteiger partial charge in [-0.15, -0.1) is 0 Å². The van der Waals surface area contributed by atoms with E-state index in [1.807, 2.05) is 42.5 Å². The number of hydrogen-bond acceptors (Lipinski definition) is 2. The van der Waals surface area contributed by atoms with Crippen molar-refractivity contribution < 1.29 is 9.21 Å². The molecule has 1 aromatic heterocycles. The molecule has 2 aliphatic carbocycles. The molecule has 26 heavy (non-hydrogen) atoms. The van der Waals surface area contributed by atoms with E-state index in [4.69, 9.17) is 4.42 Å². The highest BCUT2D eigenvalue weighted by molar-refractivity contribution is 9.15. The number of rotatable bonds is 0. The second-order valence-corrected chi connectivity index (χ2v) is 7.83. The van der Waals surface area contributed by atoms with Crippen molar-refractivity contribution in [3.63, 3.8) is 0 Å². The number of ketones is 1. The summed E-state index contributed by atoms with van der Waals surface area (Å²) in [4.78, 5) is 13.1. The van der Waals surface area contributed by atoms with Crippen molar-refractivity contribution >= 4 is 48.1 Å². The average molecular weight is 401 g/mol. The van der Waals surface area contributed by atoms with Crippen molar-refractivity contribution in [2.24, 2.45) is 5.92 Å². The molecule has 0 saturated heterocycles. The van der Waals surface area contributed by atoms with E-state index in [0.29, 0.717) is 0 Å². The van der Waals surface area contributed by atoms with Gasteiger partial charge in [-0.25, -0.2) is 0 Å². The van der Waals surface area contributed by atoms with E-state index in [1.165, 1.54) is 5.56 Å². The van der Waals surface area contributed by atoms with Crippen LogP contribution in [0.1, 0.15) is 33.0 Å². The van der Waals surface area contributed by atoms with Crippen LogP contribution < -0.4 is 0 Å². The van der Waals surface area contributed by atoms with Crippen LogP contribution in [-0.2, 0) is 0 Å². The molecule has 124 valence electrons. The van der Waals surface area contributed by atoms with Gasteiger partial charge in [0.2, 0.25) is 0 Å². The highest BCUT2D eigenvalue weighted by Crippen LogP contribution is 2.52. The lowest BCUT2D eigenvalue weighted by Gasteiger charge is -2.25. The van der Waals surface area contributed by atoms with Gasteiger partial charge in [0.1, 0.15) is 11.2 Å². The summed E-state index contributed by atoms with van der Waals surface area (Å²) in [7, 11) is 0. The molecule has 1 heterocycles. The molecule has 3 aromatic carbocycles. The van der Waals surface area contributed by atoms with Gasteiger partial charge in [0.15, 0.2) is 5.78 Å². The maximum Gasteiger partial charge on any atom is 0.171 e. The van der Waals surface area contributed by atoms with Gasteiger partial charge in [-0.05, 0) is 23.3 Å². The Labute approximate surface area is 158 Å². The number of furan rings is 1. The van der Waals surface area contributed by atoms with E-state index in [9.17, 15) is 4.79 Å². The van der Waals surface area contributed by atoms with Gasteiger partial charge in [0.05, 0.1) is 5.92 Å². The standard InChI is InChI=1S/C23H13BrO2/c24-18-11-17-20(14-7-2-1-5-12(14)18)21-16(22(17)25)10-9-15-13-6-3-4-8-19(13)26-23(15)21/h1-11,17,20H. The van der Waals surface area contributed by atoms with Crippen molar-refractivity contribution in [2.45, 2.75) is 5.92 Å². The van der Waals surface area contributed by atoms with Gasteiger partial charge in [-0.3, -0.25) is 4.79 Å². The SMILES string of the molecule is O=C1c2ccc3c(oc4ccccc43)c2C2c3ccccc3C(Br)=CC12. The largest absolute Gasteiger partial charge is 0.456 e. The zero-order chi connectivity index (χ0) is 17.4. The van der Waals surface area contributed by atoms with Gasteiger partial charge in [0.25, 0.3) is 0 Å². The molecule has 6 rings (SSSR count). The second kappa shape index (κ2) is 4.95. The van der Waals surface area contributed by atoms with Crippen LogP contribution >= 0.6 is 15.9 Å². The summed E-state index contributed by atoms with van der Waals surface area (Å²) in [5.41, 5.74) is 5.89. The molecule has 2 aliphatic rings. The van der Waals surface area contributed by atoms with Gasteiger partial charge in [-0.1, -0.05) is 70.5 Å². The highest BCUT2D eigenvalue weighted by atomic mass is 79.9. The van der Waals surface area contributed by atoms with Crippen LogP contribution in [0.5, 0.6) is 0 Å². The maximum atomic E-state index is 13.1. The summed E-state index contributed by atoms with van der Waals surface area (Å²) in [5.74, 6) is 0.0196. The Balaban J connectivity index is 1.75. The lowest BCUT2D eigenvalue weighted by molar-refractivity contribution is 0.0954. The predicted octanol–water partition coefficient (Wildman–Crippen LogP) is 6.28. The number of carbonyl (C=O) groups excluding carboxylic acids is 1. The molecule has 0 bridgehead atoms. The number of fused-ring (bicyclic) bond motifs is 9. The zero-order valence-electron chi connectivity index (χ0n) is 13.7. The van der Waals surface area contributed by atoms with Crippen LogP contribution in [0.3, 0.4) is 0 Å². The Morgan fingerprint density at radius 1 is 0.846 bits per heavy atom. The minimum atomic E-state index is -0.173. The Morgan fingerprint density at radius 3 is 2.58 bits per heavy atom. The van der Waals surface area contributed by atoms with Gasteiger partial charge < -0.3 is 4.42 Å². The van der Waals surface area contributed by atoms with E-state index in [2.05, 4.69) is 40.2 Å². The fourth-order valence-electron chi connectivity index (χ4n) is 4.60. The number of carbonyl (C=O) groups is 1. The molecule has 2 unspecified atom stereocenters. The maximum absolute atomic E-state index is 13.1. The number of Topliss-reactive ketones (excluding diaryl/α,β-unsaturated/α-hetero) is 1. The van der Waals surface area contributed by atoms with Crippen LogP contribution in [-0.4, -0.2) is 5.78 Å². The summed E-state index contributed by atoms with van der Waals surface area (Å²) < 4.78 is 7.25. The first-order valence-electron chi connectivity index (χ1n) is 8.69. The first kappa shape index (κ1) is 14.5. The van der Waals surface area contributed by atoms with E-state index >= 15 is 0 Å². The summed E-state index contributed by atoms with van der Waals surface area (Å²) in [6, 6.07) is 20.4. The van der Waals surface area contributed by atoms with Crippen LogP contribution in [0, 0.1) is 5.92 Å². The lowest BCUT2D eigenvalue weighted by atomic mass is 9.79. The van der Waals surface area contributed by atoms with Crippen molar-refractivity contribution in [3.05, 3.63) is 89.0 Å². The first-order chi connectivity index (χ1) is 12.7. The highest BCUT2D eigenvalue weighted by Gasteiger charge is 2.44. The number of halogens is 1. The molecule has 3 heteroatoms. The average Bonchev–Trinajstić information content (AvgIpc) is 3.18. The van der Waals surface area contributed by atoms with E-state index < -0.39 is 0 Å². The molecule has 0 N–H and O–H groups in total. The third kappa shape index (κ3) is 1.69. The molecular formula is C23H13BrO2. The Kier molecular flexibility index (Phi) is 2.76. The molecule has 0 spiro atoms. The van der Waals surface area contributed by atoms with Crippen LogP contribution in [0.4, 0.5) is 0 Å². The van der Waals surface area contributed by atoms with Gasteiger partial charge in [0, 0.05) is 32.3 Å². The molecule has 4 aromatic rings. The topological polar surface area (TPSA) is 30.2 Å². The summed E-state index contributed by atoms with van der Waals surface area (Å²) in [6.07, 6.45) is 2.06. The quantitative estimate of drug-likeness (QED) is 0.347. The monoisotopic (exact) mass is 400 g/mol. The smallest absolute Gasteiger partial charge is 0.171 e. The second-order valence-electron chi connectivity index (χ2n) is 6.97. The predicted molar refractivity (Wildman–Crippen MR) is 107 cm³/mol. The van der Waals surface area contributed by atoms with E-state index in [0.717, 1.165) is 43.1 Å². The number of allylic oxidation sites excluding steroid dienone is 1. The van der Waals surface area contributed by atoms with Crippen LogP contribution in [0.15, 0.2) is 71.2 Å². The normalized spacial score (nSPS) is 20.8. The molecule has 0 saturated carbocycles. The Bertz CT molecular complexity index is 1280. The van der Waals surface area contributed by atoms with Gasteiger partial charge >= 0.3 is 0 Å². The molecule has 0 fully saturated rings. The van der Waals surface area contributed by atoms with E-state index in [-0.39, 0.29) is 17.6 Å². The molecule has 0 aliphatic heterocycles. The minimum absolute atomic E-state index is 0.0132. The minimum Gasteiger partial charge on any atom is -0.456 e. The van der Waals surface area contributed by atoms with Gasteiger partial charge in [-0.2, -0.15) is 0 Å². The lowest BCUT2D eigenvalue weighted by Crippen LogP contribution is -2.17. The fraction of sp³-hybridized carbons (Fsp3) is 0.0870. The summed E-state index contributed by atoms with van der Waals surface area (Å²) >= 11 is 3.66. The third-order valence-electron chi connectivity index (χ3n) is 5.70. The Hall–Kier alpha value is -2.65.